The van der Waals surface area contributed by atoms with Crippen LogP contribution in [0.3, 0.4) is 0 Å². The quantitative estimate of drug-likeness (QED) is 0.395. The molecular formula is C25H21NO4. The Kier molecular flexibility index (Phi) is 5.11. The van der Waals surface area contributed by atoms with Crippen LogP contribution in [-0.4, -0.2) is 23.9 Å². The summed E-state index contributed by atoms with van der Waals surface area (Å²) in [4.78, 5) is 27.6. The molecule has 4 rings (SSSR count). The van der Waals surface area contributed by atoms with Crippen molar-refractivity contribution < 1.29 is 19.4 Å². The monoisotopic (exact) mass is 399 g/mol. The number of methoxy groups -OCH3 is 1. The van der Waals surface area contributed by atoms with E-state index in [-0.39, 0.29) is 11.3 Å². The van der Waals surface area contributed by atoms with Gasteiger partial charge in [-0.05, 0) is 54.4 Å². The van der Waals surface area contributed by atoms with Gasteiger partial charge in [0.15, 0.2) is 0 Å². The maximum atomic E-state index is 13.1. The van der Waals surface area contributed by atoms with Gasteiger partial charge in [-0.1, -0.05) is 42.5 Å². The smallest absolute Gasteiger partial charge is 0.300 e. The highest BCUT2D eigenvalue weighted by Crippen LogP contribution is 2.43. The van der Waals surface area contributed by atoms with Crippen LogP contribution in [0.15, 0.2) is 84.4 Å². The summed E-state index contributed by atoms with van der Waals surface area (Å²) in [6.07, 6.45) is 0. The van der Waals surface area contributed by atoms with Gasteiger partial charge in [0.1, 0.15) is 11.5 Å². The first-order valence-electron chi connectivity index (χ1n) is 9.59. The van der Waals surface area contributed by atoms with Gasteiger partial charge in [0.25, 0.3) is 11.7 Å². The van der Waals surface area contributed by atoms with E-state index in [4.69, 9.17) is 4.74 Å². The number of amides is 1. The minimum Gasteiger partial charge on any atom is -0.507 e. The molecule has 1 heterocycles. The predicted molar refractivity (Wildman–Crippen MR) is 115 cm³/mol. The number of aliphatic hydroxyl groups is 1. The fraction of sp³-hybridized carbons (Fsp3) is 0.120. The number of benzene rings is 3. The molecule has 0 radical (unpaired) electrons. The van der Waals surface area contributed by atoms with E-state index in [0.29, 0.717) is 17.0 Å². The van der Waals surface area contributed by atoms with E-state index in [9.17, 15) is 14.7 Å². The Hall–Kier alpha value is -3.86. The number of anilines is 1. The number of para-hydroxylation sites is 1. The van der Waals surface area contributed by atoms with Crippen LogP contribution in [0.25, 0.3) is 5.76 Å². The maximum absolute atomic E-state index is 13.1. The van der Waals surface area contributed by atoms with E-state index in [2.05, 4.69) is 0 Å². The highest BCUT2D eigenvalue weighted by molar-refractivity contribution is 6.51. The molecule has 1 saturated heterocycles. The molecule has 1 aliphatic heterocycles. The average Bonchev–Trinajstić information content (AvgIpc) is 3.04. The average molecular weight is 399 g/mol. The number of carbonyl (C=O) groups excluding carboxylic acids is 2. The number of carbonyl (C=O) groups is 2. The second-order valence-electron chi connectivity index (χ2n) is 7.09. The second-order valence-corrected chi connectivity index (χ2v) is 7.09. The summed E-state index contributed by atoms with van der Waals surface area (Å²) in [5.41, 5.74) is 2.83. The van der Waals surface area contributed by atoms with Gasteiger partial charge in [-0.2, -0.15) is 0 Å². The van der Waals surface area contributed by atoms with Crippen LogP contribution in [0.1, 0.15) is 22.7 Å². The Balaban J connectivity index is 1.94. The van der Waals surface area contributed by atoms with E-state index < -0.39 is 17.7 Å². The summed E-state index contributed by atoms with van der Waals surface area (Å²) in [5, 5.41) is 11.1. The van der Waals surface area contributed by atoms with Crippen molar-refractivity contribution in [1.82, 2.24) is 0 Å². The summed E-state index contributed by atoms with van der Waals surface area (Å²) < 4.78 is 5.17. The minimum absolute atomic E-state index is 0.0725. The number of aryl methyl sites for hydroxylation is 1. The molecule has 0 aliphatic carbocycles. The third kappa shape index (κ3) is 3.24. The Labute approximate surface area is 174 Å². The molecule has 3 aromatic rings. The zero-order valence-corrected chi connectivity index (χ0v) is 16.7. The lowest BCUT2D eigenvalue weighted by molar-refractivity contribution is -0.132. The zero-order chi connectivity index (χ0) is 21.3. The van der Waals surface area contributed by atoms with Crippen molar-refractivity contribution >= 4 is 23.1 Å². The van der Waals surface area contributed by atoms with Crippen molar-refractivity contribution in [2.24, 2.45) is 0 Å². The van der Waals surface area contributed by atoms with Gasteiger partial charge in [0, 0.05) is 11.3 Å². The van der Waals surface area contributed by atoms with Crippen LogP contribution in [-0.2, 0) is 9.59 Å². The van der Waals surface area contributed by atoms with E-state index in [1.165, 1.54) is 4.90 Å². The van der Waals surface area contributed by atoms with Gasteiger partial charge < -0.3 is 9.84 Å². The number of nitrogens with zero attached hydrogens (tertiary/aromatic N) is 1. The Bertz CT molecular complexity index is 1130. The zero-order valence-electron chi connectivity index (χ0n) is 16.7. The third-order valence-corrected chi connectivity index (χ3v) is 5.33. The lowest BCUT2D eigenvalue weighted by atomic mass is 9.92. The lowest BCUT2D eigenvalue weighted by Gasteiger charge is -2.26. The van der Waals surface area contributed by atoms with Gasteiger partial charge in [0.05, 0.1) is 18.7 Å². The number of hydrogen-bond donors (Lipinski definition) is 1. The van der Waals surface area contributed by atoms with Crippen LogP contribution >= 0.6 is 0 Å². The fourth-order valence-electron chi connectivity index (χ4n) is 3.78. The molecule has 1 atom stereocenters. The molecule has 5 nitrogen and oxygen atoms in total. The standard InChI is InChI=1S/C25H21NO4/c1-16-8-6-7-11-20(16)22-21(23(27)17-12-14-19(30-2)15-13-17)24(28)25(29)26(22)18-9-4-3-5-10-18/h3-15,22,27H,1-2H3/b23-21-. The van der Waals surface area contributed by atoms with Gasteiger partial charge in [-0.3, -0.25) is 14.5 Å². The second kappa shape index (κ2) is 7.87. The topological polar surface area (TPSA) is 66.8 Å². The maximum Gasteiger partial charge on any atom is 0.300 e. The van der Waals surface area contributed by atoms with Crippen LogP contribution in [0.5, 0.6) is 5.75 Å². The molecule has 30 heavy (non-hydrogen) atoms. The normalized spacial score (nSPS) is 17.9. The van der Waals surface area contributed by atoms with Crippen molar-refractivity contribution in [3.05, 3.63) is 101 Å². The molecule has 0 saturated carbocycles. The van der Waals surface area contributed by atoms with Crippen molar-refractivity contribution in [2.75, 3.05) is 12.0 Å². The predicted octanol–water partition coefficient (Wildman–Crippen LogP) is 4.63. The van der Waals surface area contributed by atoms with Crippen LogP contribution in [0, 0.1) is 6.92 Å². The van der Waals surface area contributed by atoms with E-state index in [1.807, 2.05) is 49.4 Å². The highest BCUT2D eigenvalue weighted by atomic mass is 16.5. The van der Waals surface area contributed by atoms with Crippen molar-refractivity contribution in [1.29, 1.82) is 0 Å². The minimum atomic E-state index is -0.726. The van der Waals surface area contributed by atoms with Gasteiger partial charge in [0.2, 0.25) is 0 Å². The Morgan fingerprint density at radius 1 is 0.900 bits per heavy atom. The van der Waals surface area contributed by atoms with Crippen LogP contribution < -0.4 is 9.64 Å². The molecule has 1 fully saturated rings. The van der Waals surface area contributed by atoms with Crippen molar-refractivity contribution in [2.45, 2.75) is 13.0 Å². The molecule has 150 valence electrons. The molecular weight excluding hydrogens is 378 g/mol. The molecule has 0 spiro atoms. The first-order valence-corrected chi connectivity index (χ1v) is 9.59. The van der Waals surface area contributed by atoms with Crippen molar-refractivity contribution in [3.63, 3.8) is 0 Å². The summed E-state index contributed by atoms with van der Waals surface area (Å²) in [6, 6.07) is 22.6. The third-order valence-electron chi connectivity index (χ3n) is 5.33. The SMILES string of the molecule is COc1ccc(/C(O)=C2/C(=O)C(=O)N(c3ccccc3)C2c2ccccc2C)cc1. The lowest BCUT2D eigenvalue weighted by Crippen LogP contribution is -2.29. The molecule has 3 aromatic carbocycles. The summed E-state index contributed by atoms with van der Waals surface area (Å²) in [5.74, 6) is -0.945. The molecule has 0 aromatic heterocycles. The van der Waals surface area contributed by atoms with Crippen LogP contribution in [0.2, 0.25) is 0 Å². The van der Waals surface area contributed by atoms with Gasteiger partial charge in [-0.15, -0.1) is 0 Å². The van der Waals surface area contributed by atoms with E-state index in [1.54, 1.807) is 43.5 Å². The number of ketones is 1. The number of rotatable bonds is 4. The summed E-state index contributed by atoms with van der Waals surface area (Å²) >= 11 is 0. The molecule has 1 N–H and O–H groups in total. The number of aliphatic hydroxyl groups excluding tert-OH is 1. The fourth-order valence-corrected chi connectivity index (χ4v) is 3.78. The first kappa shape index (κ1) is 19.5. The van der Waals surface area contributed by atoms with Crippen LogP contribution in [0.4, 0.5) is 5.69 Å². The number of ether oxygens (including phenoxy) is 1. The first-order chi connectivity index (χ1) is 14.5. The van der Waals surface area contributed by atoms with Crippen molar-refractivity contribution in [3.8, 4) is 5.75 Å². The molecule has 1 amide bonds. The molecule has 5 heteroatoms. The number of Topliss-reactive ketones (excluding diaryl/α,β-unsaturated/α-hetero) is 1. The molecule has 1 unspecified atom stereocenters. The largest absolute Gasteiger partial charge is 0.507 e. The number of hydrogen-bond acceptors (Lipinski definition) is 4. The van der Waals surface area contributed by atoms with E-state index >= 15 is 0 Å². The summed E-state index contributed by atoms with van der Waals surface area (Å²) in [6.45, 7) is 1.92. The Morgan fingerprint density at radius 2 is 1.53 bits per heavy atom. The Morgan fingerprint density at radius 3 is 2.17 bits per heavy atom. The summed E-state index contributed by atoms with van der Waals surface area (Å²) in [7, 11) is 1.55. The van der Waals surface area contributed by atoms with E-state index in [0.717, 1.165) is 11.1 Å². The van der Waals surface area contributed by atoms with Gasteiger partial charge >= 0.3 is 0 Å². The molecule has 1 aliphatic rings. The van der Waals surface area contributed by atoms with Gasteiger partial charge in [-0.25, -0.2) is 0 Å². The highest BCUT2D eigenvalue weighted by Gasteiger charge is 2.47. The molecule has 0 bridgehead atoms.